The van der Waals surface area contributed by atoms with E-state index in [1.165, 1.54) is 49.7 Å². The van der Waals surface area contributed by atoms with Crippen molar-refractivity contribution < 1.29 is 19.6 Å². The quantitative estimate of drug-likeness (QED) is 0.498. The molecule has 0 saturated heterocycles. The van der Waals surface area contributed by atoms with Crippen LogP contribution in [0, 0.1) is 10.1 Å². The van der Waals surface area contributed by atoms with E-state index in [9.17, 15) is 20.0 Å². The monoisotopic (exact) mass is 315 g/mol. The Balaban J connectivity index is 2.15. The van der Waals surface area contributed by atoms with Gasteiger partial charge in [0.05, 0.1) is 18.2 Å². The molecule has 0 fully saturated rings. The first-order chi connectivity index (χ1) is 11.0. The molecule has 1 amide bonds. The van der Waals surface area contributed by atoms with E-state index >= 15 is 0 Å². The molecule has 0 aliphatic heterocycles. The second kappa shape index (κ2) is 7.03. The van der Waals surface area contributed by atoms with Gasteiger partial charge in [-0.15, -0.1) is 0 Å². The normalized spacial score (nSPS) is 10.5. The van der Waals surface area contributed by atoms with Crippen molar-refractivity contribution in [3.63, 3.8) is 0 Å². The van der Waals surface area contributed by atoms with Crippen LogP contribution in [0.4, 0.5) is 5.69 Å². The predicted octanol–water partition coefficient (Wildman–Crippen LogP) is 2.07. The van der Waals surface area contributed by atoms with Crippen LogP contribution in [-0.4, -0.2) is 29.3 Å². The Kier molecular flexibility index (Phi) is 4.88. The molecule has 2 N–H and O–H groups in total. The standard InChI is InChI=1S/C15H13N3O5/c1-23-11-6-7-14(19)10(8-11)9-16-17-15(20)12-4-2-3-5-13(12)18(21)22/h2-9,19H,1H3,(H,17,20)/b16-9-. The summed E-state index contributed by atoms with van der Waals surface area (Å²) in [5, 5.41) is 24.2. The highest BCUT2D eigenvalue weighted by Gasteiger charge is 2.18. The number of ether oxygens (including phenoxy) is 1. The topological polar surface area (TPSA) is 114 Å². The minimum Gasteiger partial charge on any atom is -0.507 e. The molecular weight excluding hydrogens is 302 g/mol. The van der Waals surface area contributed by atoms with Crippen molar-refractivity contribution in [1.82, 2.24) is 5.43 Å². The molecule has 23 heavy (non-hydrogen) atoms. The highest BCUT2D eigenvalue weighted by atomic mass is 16.6. The number of aromatic hydroxyl groups is 1. The number of nitrogens with one attached hydrogen (secondary N) is 1. The fourth-order valence-corrected chi connectivity index (χ4v) is 1.81. The maximum atomic E-state index is 12.0. The minimum atomic E-state index is -0.726. The Hall–Kier alpha value is -3.42. The molecule has 0 saturated carbocycles. The zero-order chi connectivity index (χ0) is 16.8. The highest BCUT2D eigenvalue weighted by molar-refractivity contribution is 5.98. The summed E-state index contributed by atoms with van der Waals surface area (Å²) in [4.78, 5) is 22.2. The molecule has 0 aliphatic rings. The second-order valence-corrected chi connectivity index (χ2v) is 4.40. The van der Waals surface area contributed by atoms with Gasteiger partial charge in [-0.3, -0.25) is 14.9 Å². The Morgan fingerprint density at radius 2 is 2.09 bits per heavy atom. The smallest absolute Gasteiger partial charge is 0.282 e. The Morgan fingerprint density at radius 3 is 2.78 bits per heavy atom. The molecule has 2 aromatic rings. The average Bonchev–Trinajstić information content (AvgIpc) is 2.56. The van der Waals surface area contributed by atoms with Crippen LogP contribution in [0.1, 0.15) is 15.9 Å². The number of amides is 1. The van der Waals surface area contributed by atoms with Gasteiger partial charge in [0, 0.05) is 11.6 Å². The van der Waals surface area contributed by atoms with Gasteiger partial charge < -0.3 is 9.84 Å². The van der Waals surface area contributed by atoms with Crippen LogP contribution in [0.25, 0.3) is 0 Å². The number of para-hydroxylation sites is 1. The Bertz CT molecular complexity index is 773. The van der Waals surface area contributed by atoms with Crippen LogP contribution in [0.15, 0.2) is 47.6 Å². The lowest BCUT2D eigenvalue weighted by Crippen LogP contribution is -2.18. The number of hydrogen-bond donors (Lipinski definition) is 2. The van der Waals surface area contributed by atoms with Gasteiger partial charge in [-0.1, -0.05) is 12.1 Å². The Labute approximate surface area is 131 Å². The van der Waals surface area contributed by atoms with Gasteiger partial charge in [-0.05, 0) is 24.3 Å². The van der Waals surface area contributed by atoms with Crippen LogP contribution in [-0.2, 0) is 0 Å². The second-order valence-electron chi connectivity index (χ2n) is 4.40. The SMILES string of the molecule is COc1ccc(O)c(/C=N\NC(=O)c2ccccc2[N+](=O)[O-])c1. The summed E-state index contributed by atoms with van der Waals surface area (Å²) in [6.07, 6.45) is 1.21. The first-order valence-electron chi connectivity index (χ1n) is 6.46. The molecular formula is C15H13N3O5. The number of hydrogen-bond acceptors (Lipinski definition) is 6. The van der Waals surface area contributed by atoms with Crippen LogP contribution >= 0.6 is 0 Å². The van der Waals surface area contributed by atoms with E-state index in [1.807, 2.05) is 0 Å². The zero-order valence-corrected chi connectivity index (χ0v) is 12.1. The van der Waals surface area contributed by atoms with Crippen molar-refractivity contribution >= 4 is 17.8 Å². The summed E-state index contributed by atoms with van der Waals surface area (Å²) in [6, 6.07) is 10.0. The summed E-state index contributed by atoms with van der Waals surface area (Å²) >= 11 is 0. The van der Waals surface area contributed by atoms with Crippen LogP contribution in [0.5, 0.6) is 11.5 Å². The van der Waals surface area contributed by atoms with Gasteiger partial charge in [0.25, 0.3) is 11.6 Å². The van der Waals surface area contributed by atoms with E-state index < -0.39 is 10.8 Å². The Morgan fingerprint density at radius 1 is 1.35 bits per heavy atom. The van der Waals surface area contributed by atoms with Crippen LogP contribution in [0.2, 0.25) is 0 Å². The third-order valence-electron chi connectivity index (χ3n) is 2.95. The lowest BCUT2D eigenvalue weighted by Gasteiger charge is -2.03. The van der Waals surface area contributed by atoms with Crippen molar-refractivity contribution in [2.75, 3.05) is 7.11 Å². The molecule has 0 aromatic heterocycles. The van der Waals surface area contributed by atoms with Gasteiger partial charge in [0.15, 0.2) is 0 Å². The number of carbonyl (C=O) groups excluding carboxylic acids is 1. The average molecular weight is 315 g/mol. The molecule has 0 radical (unpaired) electrons. The summed E-state index contributed by atoms with van der Waals surface area (Å²) in [7, 11) is 1.48. The summed E-state index contributed by atoms with van der Waals surface area (Å²) in [5.74, 6) is -0.264. The lowest BCUT2D eigenvalue weighted by atomic mass is 10.2. The van der Waals surface area contributed by atoms with E-state index in [0.29, 0.717) is 11.3 Å². The van der Waals surface area contributed by atoms with Crippen molar-refractivity contribution in [3.05, 3.63) is 63.7 Å². The van der Waals surface area contributed by atoms with Crippen molar-refractivity contribution in [1.29, 1.82) is 0 Å². The van der Waals surface area contributed by atoms with E-state index in [2.05, 4.69) is 10.5 Å². The molecule has 2 rings (SSSR count). The van der Waals surface area contributed by atoms with Gasteiger partial charge >= 0.3 is 0 Å². The molecule has 118 valence electrons. The van der Waals surface area contributed by atoms with Crippen LogP contribution in [0.3, 0.4) is 0 Å². The maximum absolute atomic E-state index is 12.0. The number of nitro groups is 1. The van der Waals surface area contributed by atoms with Gasteiger partial charge in [-0.25, -0.2) is 5.43 Å². The number of phenolic OH excluding ortho intramolecular Hbond substituents is 1. The molecule has 0 heterocycles. The molecule has 0 bridgehead atoms. The highest BCUT2D eigenvalue weighted by Crippen LogP contribution is 2.21. The number of carbonyl (C=O) groups is 1. The van der Waals surface area contributed by atoms with Crippen molar-refractivity contribution in [2.45, 2.75) is 0 Å². The third-order valence-corrected chi connectivity index (χ3v) is 2.95. The third kappa shape index (κ3) is 3.82. The summed E-state index contributed by atoms with van der Waals surface area (Å²) < 4.78 is 5.01. The summed E-state index contributed by atoms with van der Waals surface area (Å²) in [5.41, 5.74) is 2.09. The summed E-state index contributed by atoms with van der Waals surface area (Å²) in [6.45, 7) is 0. The van der Waals surface area contributed by atoms with E-state index in [0.717, 1.165) is 0 Å². The number of nitro benzene ring substituents is 1. The molecule has 0 unspecified atom stereocenters. The number of nitrogens with zero attached hydrogens (tertiary/aromatic N) is 2. The van der Waals surface area contributed by atoms with E-state index in [4.69, 9.17) is 4.74 Å². The van der Waals surface area contributed by atoms with Crippen LogP contribution < -0.4 is 10.2 Å². The molecule has 0 spiro atoms. The molecule has 8 heteroatoms. The number of benzene rings is 2. The van der Waals surface area contributed by atoms with Gasteiger partial charge in [-0.2, -0.15) is 5.10 Å². The fourth-order valence-electron chi connectivity index (χ4n) is 1.81. The fraction of sp³-hybridized carbons (Fsp3) is 0.0667. The van der Waals surface area contributed by atoms with Gasteiger partial charge in [0.2, 0.25) is 0 Å². The molecule has 2 aromatic carbocycles. The van der Waals surface area contributed by atoms with E-state index in [1.54, 1.807) is 6.07 Å². The predicted molar refractivity (Wildman–Crippen MR) is 82.8 cm³/mol. The number of hydrazone groups is 1. The van der Waals surface area contributed by atoms with Crippen molar-refractivity contribution in [2.24, 2.45) is 5.10 Å². The first kappa shape index (κ1) is 16.0. The number of methoxy groups -OCH3 is 1. The maximum Gasteiger partial charge on any atom is 0.282 e. The molecule has 8 nitrogen and oxygen atoms in total. The first-order valence-corrected chi connectivity index (χ1v) is 6.46. The zero-order valence-electron chi connectivity index (χ0n) is 12.1. The van der Waals surface area contributed by atoms with Gasteiger partial charge in [0.1, 0.15) is 17.1 Å². The lowest BCUT2D eigenvalue weighted by molar-refractivity contribution is -0.385. The largest absolute Gasteiger partial charge is 0.507 e. The molecule has 0 atom stereocenters. The van der Waals surface area contributed by atoms with E-state index in [-0.39, 0.29) is 17.0 Å². The molecule has 0 aliphatic carbocycles. The number of phenols is 1. The van der Waals surface area contributed by atoms with Crippen molar-refractivity contribution in [3.8, 4) is 11.5 Å². The minimum absolute atomic E-state index is 0.0468. The number of rotatable bonds is 5.